The lowest BCUT2D eigenvalue weighted by Gasteiger charge is -2.28. The molecule has 3 aromatic rings. The van der Waals surface area contributed by atoms with Gasteiger partial charge < -0.3 is 10.2 Å². The van der Waals surface area contributed by atoms with Crippen molar-refractivity contribution in [2.45, 2.75) is 51.7 Å². The van der Waals surface area contributed by atoms with Crippen LogP contribution < -0.4 is 5.32 Å². The van der Waals surface area contributed by atoms with Crippen molar-refractivity contribution in [3.8, 4) is 0 Å². The third kappa shape index (κ3) is 5.75. The Labute approximate surface area is 202 Å². The second-order valence-corrected chi connectivity index (χ2v) is 10.3. The zero-order valence-corrected chi connectivity index (χ0v) is 20.4. The second kappa shape index (κ2) is 9.49. The van der Waals surface area contributed by atoms with Gasteiger partial charge in [0.15, 0.2) is 5.69 Å². The van der Waals surface area contributed by atoms with Gasteiger partial charge in [0, 0.05) is 17.5 Å². The van der Waals surface area contributed by atoms with Crippen molar-refractivity contribution >= 4 is 11.6 Å². The fourth-order valence-electron chi connectivity index (χ4n) is 4.55. The standard InChI is InChI=1S/C25H31F3N6O/c1-24(2)10-8-19-20(13-24)31-32-22(19)23(35)30-18-14-29-34(15-18)21(9-11-33(3)4)16-6-5-7-17(12-16)25(26,27)28/h5-7,12,14-15,21H,8-11,13H2,1-4H3,(H,30,35)(H,31,32). The van der Waals surface area contributed by atoms with E-state index in [4.69, 9.17) is 0 Å². The van der Waals surface area contributed by atoms with E-state index in [0.717, 1.165) is 42.7 Å². The number of amides is 1. The zero-order valence-electron chi connectivity index (χ0n) is 20.4. The summed E-state index contributed by atoms with van der Waals surface area (Å²) in [5, 5.41) is 14.5. The van der Waals surface area contributed by atoms with Gasteiger partial charge in [-0.05, 0) is 69.4 Å². The smallest absolute Gasteiger partial charge is 0.318 e. The summed E-state index contributed by atoms with van der Waals surface area (Å²) in [6.45, 7) is 5.04. The van der Waals surface area contributed by atoms with E-state index in [1.807, 2.05) is 19.0 Å². The van der Waals surface area contributed by atoms with Gasteiger partial charge in [0.2, 0.25) is 0 Å². The molecule has 0 fully saturated rings. The predicted molar refractivity (Wildman–Crippen MR) is 127 cm³/mol. The van der Waals surface area contributed by atoms with Crippen LogP contribution in [0.15, 0.2) is 36.7 Å². The Bertz CT molecular complexity index is 1190. The molecule has 0 bridgehead atoms. The number of carbonyl (C=O) groups excluding carboxylic acids is 1. The van der Waals surface area contributed by atoms with Gasteiger partial charge in [0.05, 0.1) is 23.5 Å². The molecule has 1 aliphatic carbocycles. The highest BCUT2D eigenvalue weighted by Crippen LogP contribution is 2.35. The summed E-state index contributed by atoms with van der Waals surface area (Å²) in [4.78, 5) is 14.9. The molecule has 0 aliphatic heterocycles. The molecule has 4 rings (SSSR count). The quantitative estimate of drug-likeness (QED) is 0.494. The van der Waals surface area contributed by atoms with Gasteiger partial charge in [-0.3, -0.25) is 14.6 Å². The molecule has 35 heavy (non-hydrogen) atoms. The number of H-pyrrole nitrogens is 1. The minimum absolute atomic E-state index is 0.166. The molecule has 0 saturated heterocycles. The lowest BCUT2D eigenvalue weighted by Crippen LogP contribution is -2.23. The van der Waals surface area contributed by atoms with Crippen LogP contribution >= 0.6 is 0 Å². The minimum Gasteiger partial charge on any atom is -0.318 e. The fourth-order valence-corrected chi connectivity index (χ4v) is 4.55. The number of carbonyl (C=O) groups is 1. The Morgan fingerprint density at radius 1 is 1.31 bits per heavy atom. The molecule has 2 aromatic heterocycles. The number of hydrogen-bond acceptors (Lipinski definition) is 4. The maximum atomic E-state index is 13.3. The molecule has 1 aromatic carbocycles. The summed E-state index contributed by atoms with van der Waals surface area (Å²) in [5.41, 5.74) is 2.76. The summed E-state index contributed by atoms with van der Waals surface area (Å²) in [5.74, 6) is -0.328. The number of benzene rings is 1. The topological polar surface area (TPSA) is 78.8 Å². The van der Waals surface area contributed by atoms with Gasteiger partial charge in [-0.2, -0.15) is 23.4 Å². The monoisotopic (exact) mass is 488 g/mol. The van der Waals surface area contributed by atoms with Crippen LogP contribution in [0.3, 0.4) is 0 Å². The molecule has 2 heterocycles. The second-order valence-electron chi connectivity index (χ2n) is 10.3. The first-order valence-corrected chi connectivity index (χ1v) is 11.7. The average molecular weight is 489 g/mol. The van der Waals surface area contributed by atoms with Crippen molar-refractivity contribution in [2.24, 2.45) is 5.41 Å². The van der Waals surface area contributed by atoms with Crippen LogP contribution in [0.1, 0.15) is 65.6 Å². The number of anilines is 1. The molecular formula is C25H31F3N6O. The Morgan fingerprint density at radius 2 is 2.09 bits per heavy atom. The van der Waals surface area contributed by atoms with Crippen LogP contribution in [-0.2, 0) is 19.0 Å². The minimum atomic E-state index is -4.43. The Balaban J connectivity index is 1.55. The van der Waals surface area contributed by atoms with Gasteiger partial charge in [-0.15, -0.1) is 0 Å². The third-order valence-corrected chi connectivity index (χ3v) is 6.50. The van der Waals surface area contributed by atoms with Crippen molar-refractivity contribution < 1.29 is 18.0 Å². The van der Waals surface area contributed by atoms with Crippen LogP contribution in [0.4, 0.5) is 18.9 Å². The third-order valence-electron chi connectivity index (χ3n) is 6.50. The van der Waals surface area contributed by atoms with Crippen molar-refractivity contribution in [3.05, 3.63) is 64.7 Å². The lowest BCUT2D eigenvalue weighted by atomic mass is 9.76. The Kier molecular flexibility index (Phi) is 6.77. The summed E-state index contributed by atoms with van der Waals surface area (Å²) < 4.78 is 41.5. The SMILES string of the molecule is CN(C)CCC(c1cccc(C(F)(F)F)c1)n1cc(NC(=O)c2n[nH]c3c2CCC(C)(C)C3)cn1. The Hall–Kier alpha value is -3.14. The normalized spacial score (nSPS) is 16.2. The first-order chi connectivity index (χ1) is 16.4. The van der Waals surface area contributed by atoms with Crippen LogP contribution in [0.2, 0.25) is 0 Å². The highest BCUT2D eigenvalue weighted by Gasteiger charge is 2.32. The van der Waals surface area contributed by atoms with Crippen LogP contribution in [0, 0.1) is 5.41 Å². The maximum absolute atomic E-state index is 13.3. The van der Waals surface area contributed by atoms with Gasteiger partial charge in [-0.1, -0.05) is 26.0 Å². The van der Waals surface area contributed by atoms with Crippen LogP contribution in [0.5, 0.6) is 0 Å². The van der Waals surface area contributed by atoms with E-state index in [0.29, 0.717) is 29.9 Å². The molecule has 0 spiro atoms. The summed E-state index contributed by atoms with van der Waals surface area (Å²) in [6.07, 6.45) is 1.88. The highest BCUT2D eigenvalue weighted by molar-refractivity contribution is 6.03. The van der Waals surface area contributed by atoms with E-state index in [-0.39, 0.29) is 11.3 Å². The predicted octanol–water partition coefficient (Wildman–Crippen LogP) is 4.93. The number of nitrogens with one attached hydrogen (secondary N) is 2. The molecule has 1 atom stereocenters. The van der Waals surface area contributed by atoms with Crippen molar-refractivity contribution in [3.63, 3.8) is 0 Å². The molecule has 188 valence electrons. The van der Waals surface area contributed by atoms with Crippen molar-refractivity contribution in [2.75, 3.05) is 26.0 Å². The molecule has 1 amide bonds. The average Bonchev–Trinajstić information content (AvgIpc) is 3.39. The fraction of sp³-hybridized carbons (Fsp3) is 0.480. The number of halogens is 3. The van der Waals surface area contributed by atoms with E-state index in [1.54, 1.807) is 16.9 Å². The highest BCUT2D eigenvalue weighted by atomic mass is 19.4. The van der Waals surface area contributed by atoms with Gasteiger partial charge in [-0.25, -0.2) is 0 Å². The molecule has 0 saturated carbocycles. The summed E-state index contributed by atoms with van der Waals surface area (Å²) in [7, 11) is 3.81. The largest absolute Gasteiger partial charge is 0.416 e. The van der Waals surface area contributed by atoms with Crippen molar-refractivity contribution in [1.82, 2.24) is 24.9 Å². The molecule has 0 radical (unpaired) electrons. The summed E-state index contributed by atoms with van der Waals surface area (Å²) >= 11 is 0. The number of rotatable bonds is 7. The molecule has 1 unspecified atom stereocenters. The number of aromatic amines is 1. The maximum Gasteiger partial charge on any atom is 0.416 e. The van der Waals surface area contributed by atoms with E-state index < -0.39 is 17.8 Å². The molecule has 7 nitrogen and oxygen atoms in total. The number of nitrogens with zero attached hydrogens (tertiary/aromatic N) is 4. The van der Waals surface area contributed by atoms with Crippen molar-refractivity contribution in [1.29, 1.82) is 0 Å². The van der Waals surface area contributed by atoms with Gasteiger partial charge in [0.25, 0.3) is 5.91 Å². The molecule has 1 aliphatic rings. The van der Waals surface area contributed by atoms with E-state index >= 15 is 0 Å². The lowest BCUT2D eigenvalue weighted by molar-refractivity contribution is -0.137. The van der Waals surface area contributed by atoms with E-state index in [1.165, 1.54) is 12.3 Å². The zero-order chi connectivity index (χ0) is 25.4. The summed E-state index contributed by atoms with van der Waals surface area (Å²) in [6, 6.07) is 4.89. The molecular weight excluding hydrogens is 457 g/mol. The van der Waals surface area contributed by atoms with E-state index in [2.05, 4.69) is 34.5 Å². The van der Waals surface area contributed by atoms with Gasteiger partial charge >= 0.3 is 6.18 Å². The first-order valence-electron chi connectivity index (χ1n) is 11.7. The first kappa shape index (κ1) is 25.0. The van der Waals surface area contributed by atoms with Gasteiger partial charge in [0.1, 0.15) is 0 Å². The number of alkyl halides is 3. The number of aromatic nitrogens is 4. The number of hydrogen-bond donors (Lipinski definition) is 2. The number of fused-ring (bicyclic) bond motifs is 1. The van der Waals surface area contributed by atoms with Crippen LogP contribution in [0.25, 0.3) is 0 Å². The van der Waals surface area contributed by atoms with E-state index in [9.17, 15) is 18.0 Å². The Morgan fingerprint density at radius 3 is 2.80 bits per heavy atom. The van der Waals surface area contributed by atoms with Crippen LogP contribution in [-0.4, -0.2) is 51.4 Å². The molecule has 2 N–H and O–H groups in total. The molecule has 10 heteroatoms.